The number of benzene rings is 2. The van der Waals surface area contributed by atoms with E-state index in [4.69, 9.17) is 0 Å². The maximum absolute atomic E-state index is 13.6. The van der Waals surface area contributed by atoms with Crippen molar-refractivity contribution in [2.45, 2.75) is 32.0 Å². The smallest absolute Gasteiger partial charge is 0.126 e. The minimum Gasteiger partial charge on any atom is -0.207 e. The Kier molecular flexibility index (Phi) is 4.98. The van der Waals surface area contributed by atoms with E-state index >= 15 is 0 Å². The van der Waals surface area contributed by atoms with Crippen LogP contribution in [-0.2, 0) is 6.42 Å². The molecule has 0 N–H and O–H groups in total. The van der Waals surface area contributed by atoms with Crippen molar-refractivity contribution in [2.75, 3.05) is 0 Å². The number of alkyl halides is 1. The van der Waals surface area contributed by atoms with Crippen LogP contribution in [-0.4, -0.2) is 0 Å². The molecule has 20 heavy (non-hydrogen) atoms. The van der Waals surface area contributed by atoms with E-state index in [1.165, 1.54) is 5.56 Å². The zero-order valence-electron chi connectivity index (χ0n) is 12.2. The topological polar surface area (TPSA) is 0 Å². The lowest BCUT2D eigenvalue weighted by atomic mass is 9.99. The highest BCUT2D eigenvalue weighted by molar-refractivity contribution is 9.09. The Morgan fingerprint density at radius 1 is 1.00 bits per heavy atom. The maximum atomic E-state index is 13.6. The molecule has 2 heteroatoms. The van der Waals surface area contributed by atoms with Gasteiger partial charge >= 0.3 is 0 Å². The van der Waals surface area contributed by atoms with Crippen LogP contribution in [0.15, 0.2) is 42.5 Å². The average Bonchev–Trinajstić information content (AvgIpc) is 2.41. The third kappa shape index (κ3) is 3.69. The molecule has 0 aliphatic heterocycles. The van der Waals surface area contributed by atoms with E-state index in [1.807, 2.05) is 12.1 Å². The molecule has 0 saturated heterocycles. The molecule has 0 aromatic heterocycles. The highest BCUT2D eigenvalue weighted by Crippen LogP contribution is 2.31. The number of rotatable bonds is 4. The first kappa shape index (κ1) is 15.2. The Labute approximate surface area is 129 Å². The minimum atomic E-state index is -0.150. The second-order valence-corrected chi connectivity index (χ2v) is 6.63. The van der Waals surface area contributed by atoms with Gasteiger partial charge in [-0.3, -0.25) is 0 Å². The summed E-state index contributed by atoms with van der Waals surface area (Å²) in [5.74, 6) is 0.509. The Balaban J connectivity index is 2.20. The molecule has 2 aromatic carbocycles. The van der Waals surface area contributed by atoms with Crippen molar-refractivity contribution < 1.29 is 4.39 Å². The standard InChI is InChI=1S/C18H20BrF/c1-12(2)10-14-5-8-15(9-6-14)18(19)16-7-4-13(3)17(20)11-16/h4-9,11-12,18H,10H2,1-3H3. The first-order valence-electron chi connectivity index (χ1n) is 6.96. The number of hydrogen-bond acceptors (Lipinski definition) is 0. The van der Waals surface area contributed by atoms with E-state index in [2.05, 4.69) is 54.0 Å². The van der Waals surface area contributed by atoms with E-state index in [9.17, 15) is 4.39 Å². The van der Waals surface area contributed by atoms with Gasteiger partial charge in [0.15, 0.2) is 0 Å². The average molecular weight is 335 g/mol. The molecule has 1 atom stereocenters. The minimum absolute atomic E-state index is 0.0331. The molecule has 1 unspecified atom stereocenters. The molecule has 0 bridgehead atoms. The fourth-order valence-corrected chi connectivity index (χ4v) is 2.84. The molecule has 0 radical (unpaired) electrons. The number of hydrogen-bond donors (Lipinski definition) is 0. The highest BCUT2D eigenvalue weighted by atomic mass is 79.9. The van der Waals surface area contributed by atoms with Gasteiger partial charge in [-0.15, -0.1) is 0 Å². The van der Waals surface area contributed by atoms with Crippen LogP contribution in [0.1, 0.15) is 40.9 Å². The van der Waals surface area contributed by atoms with Gasteiger partial charge in [-0.1, -0.05) is 66.2 Å². The highest BCUT2D eigenvalue weighted by Gasteiger charge is 2.12. The van der Waals surface area contributed by atoms with E-state index in [1.54, 1.807) is 13.0 Å². The summed E-state index contributed by atoms with van der Waals surface area (Å²) in [4.78, 5) is 0.0331. The third-order valence-corrected chi connectivity index (χ3v) is 4.46. The fourth-order valence-electron chi connectivity index (χ4n) is 2.25. The first-order chi connectivity index (χ1) is 9.47. The van der Waals surface area contributed by atoms with Gasteiger partial charge in [0.2, 0.25) is 0 Å². The zero-order chi connectivity index (χ0) is 14.7. The quantitative estimate of drug-likeness (QED) is 0.618. The molecule has 0 aliphatic carbocycles. The van der Waals surface area contributed by atoms with E-state index in [0.717, 1.165) is 17.5 Å². The lowest BCUT2D eigenvalue weighted by Gasteiger charge is -2.13. The van der Waals surface area contributed by atoms with Crippen molar-refractivity contribution >= 4 is 15.9 Å². The zero-order valence-corrected chi connectivity index (χ0v) is 13.7. The summed E-state index contributed by atoms with van der Waals surface area (Å²) in [6.45, 7) is 6.22. The summed E-state index contributed by atoms with van der Waals surface area (Å²) >= 11 is 3.66. The molecular formula is C18H20BrF. The summed E-state index contributed by atoms with van der Waals surface area (Å²) in [6.07, 6.45) is 1.09. The Hall–Kier alpha value is -1.15. The summed E-state index contributed by atoms with van der Waals surface area (Å²) in [6, 6.07) is 14.0. The van der Waals surface area contributed by atoms with Crippen LogP contribution in [0.5, 0.6) is 0 Å². The van der Waals surface area contributed by atoms with Crippen molar-refractivity contribution in [2.24, 2.45) is 5.92 Å². The van der Waals surface area contributed by atoms with Gasteiger partial charge in [0, 0.05) is 0 Å². The molecular weight excluding hydrogens is 315 g/mol. The largest absolute Gasteiger partial charge is 0.207 e. The van der Waals surface area contributed by atoms with Gasteiger partial charge in [0.05, 0.1) is 4.83 Å². The summed E-state index contributed by atoms with van der Waals surface area (Å²) in [5, 5.41) is 0. The molecule has 0 spiro atoms. The maximum Gasteiger partial charge on any atom is 0.126 e. The van der Waals surface area contributed by atoms with E-state index in [-0.39, 0.29) is 10.6 Å². The monoisotopic (exact) mass is 334 g/mol. The lowest BCUT2D eigenvalue weighted by Crippen LogP contribution is -1.97. The van der Waals surface area contributed by atoms with Crippen LogP contribution >= 0.6 is 15.9 Å². The van der Waals surface area contributed by atoms with Crippen molar-refractivity contribution in [3.63, 3.8) is 0 Å². The van der Waals surface area contributed by atoms with Crippen molar-refractivity contribution in [1.82, 2.24) is 0 Å². The Bertz CT molecular complexity index is 572. The molecule has 0 nitrogen and oxygen atoms in total. The second-order valence-electron chi connectivity index (χ2n) is 5.71. The number of aryl methyl sites for hydroxylation is 1. The van der Waals surface area contributed by atoms with Crippen LogP contribution in [0.2, 0.25) is 0 Å². The van der Waals surface area contributed by atoms with Crippen LogP contribution in [0, 0.1) is 18.7 Å². The molecule has 2 aromatic rings. The van der Waals surface area contributed by atoms with Gasteiger partial charge in [0.1, 0.15) is 5.82 Å². The molecule has 2 rings (SSSR count). The SMILES string of the molecule is Cc1ccc(C(Br)c2ccc(CC(C)C)cc2)cc1F. The molecule has 0 heterocycles. The predicted molar refractivity (Wildman–Crippen MR) is 86.9 cm³/mol. The van der Waals surface area contributed by atoms with Gasteiger partial charge in [0.25, 0.3) is 0 Å². The molecule has 106 valence electrons. The van der Waals surface area contributed by atoms with Crippen LogP contribution in [0.3, 0.4) is 0 Å². The van der Waals surface area contributed by atoms with E-state index in [0.29, 0.717) is 11.5 Å². The number of halogens is 2. The summed E-state index contributed by atoms with van der Waals surface area (Å²) < 4.78 is 13.6. The Morgan fingerprint density at radius 2 is 1.60 bits per heavy atom. The van der Waals surface area contributed by atoms with Crippen LogP contribution in [0.4, 0.5) is 4.39 Å². The van der Waals surface area contributed by atoms with Crippen molar-refractivity contribution in [3.8, 4) is 0 Å². The summed E-state index contributed by atoms with van der Waals surface area (Å²) in [5.41, 5.74) is 4.13. The van der Waals surface area contributed by atoms with Crippen molar-refractivity contribution in [1.29, 1.82) is 0 Å². The fraction of sp³-hybridized carbons (Fsp3) is 0.333. The van der Waals surface area contributed by atoms with E-state index < -0.39 is 0 Å². The lowest BCUT2D eigenvalue weighted by molar-refractivity contribution is 0.616. The van der Waals surface area contributed by atoms with Gasteiger partial charge in [-0.25, -0.2) is 4.39 Å². The van der Waals surface area contributed by atoms with Crippen molar-refractivity contribution in [3.05, 3.63) is 70.5 Å². The molecule has 0 aliphatic rings. The predicted octanol–water partition coefficient (Wildman–Crippen LogP) is 5.82. The van der Waals surface area contributed by atoms with Crippen LogP contribution in [0.25, 0.3) is 0 Å². The normalized spacial score (nSPS) is 12.7. The Morgan fingerprint density at radius 3 is 2.15 bits per heavy atom. The second kappa shape index (κ2) is 6.53. The molecule has 0 amide bonds. The van der Waals surface area contributed by atoms with Gasteiger partial charge in [-0.2, -0.15) is 0 Å². The summed E-state index contributed by atoms with van der Waals surface area (Å²) in [7, 11) is 0. The molecule has 0 saturated carbocycles. The van der Waals surface area contributed by atoms with Gasteiger partial charge in [-0.05, 0) is 47.6 Å². The third-order valence-electron chi connectivity index (χ3n) is 3.40. The van der Waals surface area contributed by atoms with Crippen LogP contribution < -0.4 is 0 Å². The first-order valence-corrected chi connectivity index (χ1v) is 7.88. The van der Waals surface area contributed by atoms with Gasteiger partial charge < -0.3 is 0 Å². The molecule has 0 fully saturated rings.